The van der Waals surface area contributed by atoms with E-state index in [0.717, 1.165) is 35.2 Å². The monoisotopic (exact) mass is 378 g/mol. The molecule has 2 aromatic carbocycles. The Hall–Kier alpha value is -3.06. The second kappa shape index (κ2) is 6.83. The lowest BCUT2D eigenvalue weighted by Crippen LogP contribution is -2.33. The van der Waals surface area contributed by atoms with E-state index >= 15 is 0 Å². The first-order valence-electron chi connectivity index (χ1n) is 9.63. The van der Waals surface area contributed by atoms with Gasteiger partial charge >= 0.3 is 0 Å². The predicted octanol–water partition coefficient (Wildman–Crippen LogP) is 2.96. The highest BCUT2D eigenvalue weighted by Crippen LogP contribution is 2.35. The number of nitrogens with zero attached hydrogens (tertiary/aromatic N) is 3. The lowest BCUT2D eigenvalue weighted by Gasteiger charge is -2.31. The second-order valence-corrected chi connectivity index (χ2v) is 7.46. The van der Waals surface area contributed by atoms with E-state index in [0.29, 0.717) is 25.3 Å². The highest BCUT2D eigenvalue weighted by atomic mass is 16.5. The van der Waals surface area contributed by atoms with Crippen molar-refractivity contribution in [1.82, 2.24) is 15.0 Å². The van der Waals surface area contributed by atoms with Gasteiger partial charge in [0.1, 0.15) is 18.2 Å². The summed E-state index contributed by atoms with van der Waals surface area (Å²) >= 11 is 0. The molecule has 1 amide bonds. The topological polar surface area (TPSA) is 79.6 Å². The van der Waals surface area contributed by atoms with Crippen molar-refractivity contribution in [2.75, 3.05) is 18.1 Å². The summed E-state index contributed by atoms with van der Waals surface area (Å²) in [6.45, 7) is 2.94. The summed E-state index contributed by atoms with van der Waals surface area (Å²) in [6.07, 6.45) is 2.57. The van der Waals surface area contributed by atoms with Crippen molar-refractivity contribution < 1.29 is 14.7 Å². The molecule has 2 N–H and O–H groups in total. The Kier molecular flexibility index (Phi) is 4.16. The SMILES string of the molecule is O=C(NO)c1ccc2c(c1)N(Cc1nc3ccccc3n1CC1CC1)CCO2. The van der Waals surface area contributed by atoms with E-state index in [1.54, 1.807) is 23.7 Å². The number of amides is 1. The maximum atomic E-state index is 11.8. The van der Waals surface area contributed by atoms with Crippen LogP contribution >= 0.6 is 0 Å². The number of rotatable bonds is 5. The average Bonchev–Trinajstić information content (AvgIpc) is 3.49. The molecule has 1 aliphatic heterocycles. The Morgan fingerprint density at radius 3 is 2.93 bits per heavy atom. The number of aromatic nitrogens is 2. The number of hydroxylamine groups is 1. The zero-order valence-corrected chi connectivity index (χ0v) is 15.5. The highest BCUT2D eigenvalue weighted by molar-refractivity contribution is 5.95. The minimum atomic E-state index is -0.533. The number of fused-ring (bicyclic) bond motifs is 2. The number of benzene rings is 2. The molecule has 28 heavy (non-hydrogen) atoms. The molecular formula is C21H22N4O3. The molecule has 0 atom stereocenters. The molecule has 1 aliphatic carbocycles. The molecule has 0 spiro atoms. The fraction of sp³-hybridized carbons (Fsp3) is 0.333. The third kappa shape index (κ3) is 3.07. The summed E-state index contributed by atoms with van der Waals surface area (Å²) in [5.41, 5.74) is 5.12. The molecule has 1 fully saturated rings. The minimum Gasteiger partial charge on any atom is -0.490 e. The molecule has 0 unspecified atom stereocenters. The van der Waals surface area contributed by atoms with Crippen molar-refractivity contribution in [2.24, 2.45) is 5.92 Å². The van der Waals surface area contributed by atoms with Gasteiger partial charge in [-0.3, -0.25) is 10.0 Å². The number of imidazole rings is 1. The van der Waals surface area contributed by atoms with Gasteiger partial charge in [-0.2, -0.15) is 0 Å². The summed E-state index contributed by atoms with van der Waals surface area (Å²) in [5, 5.41) is 8.94. The first kappa shape index (κ1) is 17.1. The molecule has 0 radical (unpaired) electrons. The average molecular weight is 378 g/mol. The molecule has 0 bridgehead atoms. The van der Waals surface area contributed by atoms with Crippen LogP contribution in [0.15, 0.2) is 42.5 Å². The van der Waals surface area contributed by atoms with Gasteiger partial charge in [-0.05, 0) is 49.1 Å². The first-order chi connectivity index (χ1) is 13.7. The molecular weight excluding hydrogens is 356 g/mol. The fourth-order valence-corrected chi connectivity index (χ4v) is 3.82. The van der Waals surface area contributed by atoms with Gasteiger partial charge in [-0.15, -0.1) is 0 Å². The van der Waals surface area contributed by atoms with Crippen LogP contribution in [0.25, 0.3) is 11.0 Å². The normalized spacial score (nSPS) is 16.0. The summed E-state index contributed by atoms with van der Waals surface area (Å²) in [7, 11) is 0. The van der Waals surface area contributed by atoms with Crippen LogP contribution in [0.2, 0.25) is 0 Å². The van der Waals surface area contributed by atoms with Crippen LogP contribution < -0.4 is 15.1 Å². The number of anilines is 1. The van der Waals surface area contributed by atoms with Crippen LogP contribution in [0.3, 0.4) is 0 Å². The highest BCUT2D eigenvalue weighted by Gasteiger charge is 2.26. The molecule has 1 saturated carbocycles. The molecule has 0 saturated heterocycles. The molecule has 2 heterocycles. The number of hydrogen-bond acceptors (Lipinski definition) is 5. The van der Waals surface area contributed by atoms with Crippen LogP contribution in [-0.4, -0.2) is 33.8 Å². The third-order valence-electron chi connectivity index (χ3n) is 5.49. The van der Waals surface area contributed by atoms with Gasteiger partial charge in [0.25, 0.3) is 5.91 Å². The number of ether oxygens (including phenoxy) is 1. The number of hydrogen-bond donors (Lipinski definition) is 2. The third-order valence-corrected chi connectivity index (χ3v) is 5.49. The molecule has 144 valence electrons. The Morgan fingerprint density at radius 2 is 2.11 bits per heavy atom. The first-order valence-corrected chi connectivity index (χ1v) is 9.63. The standard InChI is InChI=1S/C21H22N4O3/c26-21(23-27)15-7-8-19-18(11-15)24(9-10-28-19)13-20-22-16-3-1-2-4-17(16)25(20)12-14-5-6-14/h1-4,7-8,11,14,27H,5-6,9-10,12-13H2,(H,23,26). The van der Waals surface area contributed by atoms with Gasteiger partial charge in [-0.1, -0.05) is 12.1 Å². The number of nitrogens with one attached hydrogen (secondary N) is 1. The molecule has 1 aromatic heterocycles. The van der Waals surface area contributed by atoms with Crippen molar-refractivity contribution in [3.8, 4) is 5.75 Å². The zero-order valence-electron chi connectivity index (χ0n) is 15.5. The predicted molar refractivity (Wildman–Crippen MR) is 105 cm³/mol. The second-order valence-electron chi connectivity index (χ2n) is 7.46. The molecule has 2 aliphatic rings. The molecule has 7 nitrogen and oxygen atoms in total. The minimum absolute atomic E-state index is 0.392. The van der Waals surface area contributed by atoms with E-state index in [2.05, 4.69) is 27.7 Å². The van der Waals surface area contributed by atoms with E-state index in [1.165, 1.54) is 18.4 Å². The number of carbonyl (C=O) groups is 1. The van der Waals surface area contributed by atoms with Crippen LogP contribution in [0.1, 0.15) is 29.0 Å². The largest absolute Gasteiger partial charge is 0.490 e. The van der Waals surface area contributed by atoms with Gasteiger partial charge in [0.2, 0.25) is 0 Å². The van der Waals surface area contributed by atoms with E-state index in [4.69, 9.17) is 14.9 Å². The van der Waals surface area contributed by atoms with Crippen LogP contribution in [0, 0.1) is 5.92 Å². The molecule has 7 heteroatoms. The molecule has 5 rings (SSSR count). The Balaban J connectivity index is 1.51. The quantitative estimate of drug-likeness (QED) is 0.527. The van der Waals surface area contributed by atoms with E-state index in [1.807, 2.05) is 6.07 Å². The van der Waals surface area contributed by atoms with Gasteiger partial charge in [0, 0.05) is 12.1 Å². The van der Waals surface area contributed by atoms with Crippen molar-refractivity contribution in [2.45, 2.75) is 25.9 Å². The number of carbonyl (C=O) groups excluding carboxylic acids is 1. The fourth-order valence-electron chi connectivity index (χ4n) is 3.82. The van der Waals surface area contributed by atoms with Crippen molar-refractivity contribution >= 4 is 22.6 Å². The van der Waals surface area contributed by atoms with Crippen LogP contribution in [-0.2, 0) is 13.1 Å². The van der Waals surface area contributed by atoms with Gasteiger partial charge < -0.3 is 14.2 Å². The molecule has 3 aromatic rings. The van der Waals surface area contributed by atoms with Crippen molar-refractivity contribution in [3.63, 3.8) is 0 Å². The van der Waals surface area contributed by atoms with Crippen LogP contribution in [0.4, 0.5) is 5.69 Å². The Morgan fingerprint density at radius 1 is 1.25 bits per heavy atom. The summed E-state index contributed by atoms with van der Waals surface area (Å²) in [4.78, 5) is 18.9. The zero-order chi connectivity index (χ0) is 19.1. The summed E-state index contributed by atoms with van der Waals surface area (Å²) in [5.74, 6) is 1.98. The summed E-state index contributed by atoms with van der Waals surface area (Å²) < 4.78 is 8.10. The Bertz CT molecular complexity index is 1040. The van der Waals surface area contributed by atoms with Crippen molar-refractivity contribution in [3.05, 3.63) is 53.9 Å². The van der Waals surface area contributed by atoms with E-state index in [9.17, 15) is 4.79 Å². The Labute approximate surface area is 162 Å². The van der Waals surface area contributed by atoms with Gasteiger partial charge in [0.05, 0.1) is 29.8 Å². The van der Waals surface area contributed by atoms with Crippen LogP contribution in [0.5, 0.6) is 5.75 Å². The smallest absolute Gasteiger partial charge is 0.274 e. The van der Waals surface area contributed by atoms with E-state index < -0.39 is 5.91 Å². The van der Waals surface area contributed by atoms with Crippen molar-refractivity contribution in [1.29, 1.82) is 0 Å². The lowest BCUT2D eigenvalue weighted by atomic mass is 10.1. The maximum Gasteiger partial charge on any atom is 0.274 e. The summed E-state index contributed by atoms with van der Waals surface area (Å²) in [6, 6.07) is 13.4. The lowest BCUT2D eigenvalue weighted by molar-refractivity contribution is 0.0706. The van der Waals surface area contributed by atoms with Gasteiger partial charge in [0.15, 0.2) is 0 Å². The maximum absolute atomic E-state index is 11.8. The number of para-hydroxylation sites is 2. The van der Waals surface area contributed by atoms with Gasteiger partial charge in [-0.25, -0.2) is 10.5 Å². The van der Waals surface area contributed by atoms with E-state index in [-0.39, 0.29) is 0 Å².